The third-order valence-electron chi connectivity index (χ3n) is 3.35. The number of benzene rings is 1. The molecule has 1 aromatic heterocycles. The normalized spacial score (nSPS) is 13.7. The number of nitro benzene ring substituents is 1. The first kappa shape index (κ1) is 16.5. The average molecular weight is 370 g/mol. The zero-order valence-corrected chi connectivity index (χ0v) is 13.8. The molecule has 0 radical (unpaired) electrons. The van der Waals surface area contributed by atoms with Crippen molar-refractivity contribution in [1.82, 2.24) is 14.8 Å². The number of nitro groups is 1. The van der Waals surface area contributed by atoms with Crippen molar-refractivity contribution in [2.75, 3.05) is 11.1 Å². The zero-order chi connectivity index (χ0) is 17.3. The zero-order valence-electron chi connectivity index (χ0n) is 12.2. The van der Waals surface area contributed by atoms with Crippen LogP contribution >= 0.6 is 23.4 Å². The molecule has 1 aliphatic rings. The summed E-state index contributed by atoms with van der Waals surface area (Å²) in [5.74, 6) is -0.472. The number of aromatic nitrogens is 3. The molecule has 0 saturated heterocycles. The van der Waals surface area contributed by atoms with E-state index >= 15 is 0 Å². The molecule has 2 aromatic rings. The van der Waals surface area contributed by atoms with Gasteiger partial charge in [0.1, 0.15) is 5.69 Å². The fraction of sp³-hybridized carbons (Fsp3) is 0.308. The number of thioether (sulfide) groups is 1. The highest BCUT2D eigenvalue weighted by atomic mass is 35.5. The van der Waals surface area contributed by atoms with Crippen molar-refractivity contribution >= 4 is 40.6 Å². The lowest BCUT2D eigenvalue weighted by molar-refractivity contribution is -0.383. The predicted octanol–water partition coefficient (Wildman–Crippen LogP) is 2.20. The van der Waals surface area contributed by atoms with Crippen LogP contribution in [0, 0.1) is 10.1 Å². The van der Waals surface area contributed by atoms with Gasteiger partial charge in [-0.1, -0.05) is 23.4 Å². The Morgan fingerprint density at radius 3 is 2.96 bits per heavy atom. The van der Waals surface area contributed by atoms with Crippen LogP contribution in [0.4, 0.5) is 11.4 Å². The second-order valence-electron chi connectivity index (χ2n) is 5.17. The van der Waals surface area contributed by atoms with Crippen LogP contribution in [0.2, 0.25) is 5.02 Å². The van der Waals surface area contributed by atoms with E-state index < -0.39 is 10.8 Å². The van der Waals surface area contributed by atoms with E-state index in [1.54, 1.807) is 0 Å². The first-order valence-corrected chi connectivity index (χ1v) is 8.35. The maximum Gasteiger partial charge on any atom is 0.344 e. The lowest BCUT2D eigenvalue weighted by atomic mass is 10.2. The Labute approximate surface area is 144 Å². The van der Waals surface area contributed by atoms with Gasteiger partial charge in [-0.25, -0.2) is 9.89 Å². The van der Waals surface area contributed by atoms with Crippen molar-refractivity contribution in [3.8, 4) is 0 Å². The Kier molecular flexibility index (Phi) is 4.58. The molecule has 9 nitrogen and oxygen atoms in total. The second kappa shape index (κ2) is 6.65. The number of carbonyl (C=O) groups excluding carboxylic acids is 1. The van der Waals surface area contributed by atoms with E-state index in [0.29, 0.717) is 5.16 Å². The monoisotopic (exact) mass is 369 g/mol. The van der Waals surface area contributed by atoms with Crippen LogP contribution in [0.15, 0.2) is 28.2 Å². The molecule has 2 N–H and O–H groups in total. The molecule has 11 heteroatoms. The maximum atomic E-state index is 12.0. The van der Waals surface area contributed by atoms with Crippen molar-refractivity contribution in [2.45, 2.75) is 24.0 Å². The Morgan fingerprint density at radius 2 is 2.29 bits per heavy atom. The third kappa shape index (κ3) is 3.60. The summed E-state index contributed by atoms with van der Waals surface area (Å²) < 4.78 is 1.53. The fourth-order valence-corrected chi connectivity index (χ4v) is 3.10. The van der Waals surface area contributed by atoms with Crippen molar-refractivity contribution < 1.29 is 9.72 Å². The molecular weight excluding hydrogens is 358 g/mol. The Hall–Kier alpha value is -2.33. The van der Waals surface area contributed by atoms with Gasteiger partial charge in [-0.05, 0) is 25.0 Å². The largest absolute Gasteiger partial charge is 0.344 e. The molecule has 3 rings (SSSR count). The van der Waals surface area contributed by atoms with Gasteiger partial charge < -0.3 is 5.32 Å². The molecule has 1 fully saturated rings. The molecule has 24 heavy (non-hydrogen) atoms. The Morgan fingerprint density at radius 1 is 1.54 bits per heavy atom. The average Bonchev–Trinajstić information content (AvgIpc) is 3.30. The van der Waals surface area contributed by atoms with Crippen molar-refractivity contribution in [3.63, 3.8) is 0 Å². The standard InChI is InChI=1S/C13H12ClN5O4S/c14-7-1-4-9(10(5-7)19(22)23)15-11(20)6-24-13-17-16-12(21)18(13)8-2-3-8/h1,4-5,8H,2-3,6H2,(H,15,20)(H,16,21). The lowest BCUT2D eigenvalue weighted by Crippen LogP contribution is -2.18. The van der Waals surface area contributed by atoms with E-state index in [4.69, 9.17) is 11.6 Å². The molecule has 0 aliphatic heterocycles. The summed E-state index contributed by atoms with van der Waals surface area (Å²) in [5, 5.41) is 20.4. The maximum absolute atomic E-state index is 12.0. The number of nitrogens with one attached hydrogen (secondary N) is 2. The summed E-state index contributed by atoms with van der Waals surface area (Å²) in [6, 6.07) is 4.13. The highest BCUT2D eigenvalue weighted by Gasteiger charge is 2.28. The van der Waals surface area contributed by atoms with E-state index in [1.165, 1.54) is 22.8 Å². The number of hydrogen-bond acceptors (Lipinski definition) is 6. The van der Waals surface area contributed by atoms with Gasteiger partial charge in [0.25, 0.3) is 5.69 Å². The van der Waals surface area contributed by atoms with E-state index in [9.17, 15) is 19.7 Å². The number of nitrogens with zero attached hydrogens (tertiary/aromatic N) is 3. The van der Waals surface area contributed by atoms with Gasteiger partial charge in [-0.15, -0.1) is 5.10 Å². The number of carbonyl (C=O) groups is 1. The molecule has 0 atom stereocenters. The SMILES string of the molecule is O=C(CSc1n[nH]c(=O)n1C1CC1)Nc1ccc(Cl)cc1[N+](=O)[O-]. The van der Waals surface area contributed by atoms with Gasteiger partial charge in [0.05, 0.1) is 10.7 Å². The van der Waals surface area contributed by atoms with Gasteiger partial charge in [0.15, 0.2) is 5.16 Å². The van der Waals surface area contributed by atoms with Crippen molar-refractivity contribution in [1.29, 1.82) is 0 Å². The number of rotatable bonds is 6. The van der Waals surface area contributed by atoms with Gasteiger partial charge in [0, 0.05) is 17.1 Å². The summed E-state index contributed by atoms with van der Waals surface area (Å²) in [7, 11) is 0. The lowest BCUT2D eigenvalue weighted by Gasteiger charge is -2.06. The number of anilines is 1. The third-order valence-corrected chi connectivity index (χ3v) is 4.53. The van der Waals surface area contributed by atoms with E-state index in [-0.39, 0.29) is 33.9 Å². The summed E-state index contributed by atoms with van der Waals surface area (Å²) in [6.45, 7) is 0. The van der Waals surface area contributed by atoms with Gasteiger partial charge in [-0.3, -0.25) is 19.5 Å². The highest BCUT2D eigenvalue weighted by molar-refractivity contribution is 7.99. The molecule has 0 unspecified atom stereocenters. The van der Waals surface area contributed by atoms with Crippen LogP contribution in [0.25, 0.3) is 0 Å². The predicted molar refractivity (Wildman–Crippen MR) is 88.6 cm³/mol. The van der Waals surface area contributed by atoms with Crippen molar-refractivity contribution in [2.24, 2.45) is 0 Å². The molecule has 0 bridgehead atoms. The molecule has 1 heterocycles. The second-order valence-corrected chi connectivity index (χ2v) is 6.55. The van der Waals surface area contributed by atoms with Crippen molar-refractivity contribution in [3.05, 3.63) is 43.8 Å². The van der Waals surface area contributed by atoms with Gasteiger partial charge in [0.2, 0.25) is 5.91 Å². The Bertz CT molecular complexity index is 860. The molecule has 1 aliphatic carbocycles. The van der Waals surface area contributed by atoms with E-state index in [2.05, 4.69) is 15.5 Å². The number of halogens is 1. The summed E-state index contributed by atoms with van der Waals surface area (Å²) in [6.07, 6.45) is 1.83. The van der Waals surface area contributed by atoms with E-state index in [1.807, 2.05) is 0 Å². The number of H-pyrrole nitrogens is 1. The minimum atomic E-state index is -0.618. The number of aromatic amines is 1. The fourth-order valence-electron chi connectivity index (χ4n) is 2.12. The first-order chi connectivity index (χ1) is 11.5. The summed E-state index contributed by atoms with van der Waals surface area (Å²) in [5.41, 5.74) is -0.513. The van der Waals surface area contributed by atoms with Crippen LogP contribution in [-0.4, -0.2) is 31.3 Å². The van der Waals surface area contributed by atoms with Crippen LogP contribution in [-0.2, 0) is 4.79 Å². The minimum absolute atomic E-state index is 0.0310. The molecule has 1 amide bonds. The topological polar surface area (TPSA) is 123 Å². The molecular formula is C13H12ClN5O4S. The number of amides is 1. The first-order valence-electron chi connectivity index (χ1n) is 6.99. The van der Waals surface area contributed by atoms with Crippen LogP contribution < -0.4 is 11.0 Å². The minimum Gasteiger partial charge on any atom is -0.320 e. The van der Waals surface area contributed by atoms with Gasteiger partial charge >= 0.3 is 5.69 Å². The van der Waals surface area contributed by atoms with E-state index in [0.717, 1.165) is 24.6 Å². The molecule has 1 saturated carbocycles. The molecule has 0 spiro atoms. The Balaban J connectivity index is 1.67. The molecule has 1 aromatic carbocycles. The number of hydrogen-bond donors (Lipinski definition) is 2. The van der Waals surface area contributed by atoms with Crippen LogP contribution in [0.1, 0.15) is 18.9 Å². The highest BCUT2D eigenvalue weighted by Crippen LogP contribution is 2.36. The summed E-state index contributed by atoms with van der Waals surface area (Å²) in [4.78, 5) is 34.1. The smallest absolute Gasteiger partial charge is 0.320 e. The van der Waals surface area contributed by atoms with Crippen LogP contribution in [0.5, 0.6) is 0 Å². The molecule has 126 valence electrons. The van der Waals surface area contributed by atoms with Gasteiger partial charge in [-0.2, -0.15) is 0 Å². The van der Waals surface area contributed by atoms with Crippen LogP contribution in [0.3, 0.4) is 0 Å². The quantitative estimate of drug-likeness (QED) is 0.457. The summed E-state index contributed by atoms with van der Waals surface area (Å²) >= 11 is 6.82.